The van der Waals surface area contributed by atoms with E-state index in [1.165, 1.54) is 50.1 Å². The molecule has 0 bridgehead atoms. The van der Waals surface area contributed by atoms with Crippen molar-refractivity contribution in [2.75, 3.05) is 0 Å². The standard InChI is InChI=1S/C29H24BrN/c1-17-15-24-23(16-25-22(28(24)30)13-8-14-31-25)26(17)29(2,3)27-20-11-6-4-9-18(20)19-10-5-7-12-21(19)27/h4-16,27-28H,1-3H3. The smallest absolute Gasteiger partial charge is 0.0682 e. The highest BCUT2D eigenvalue weighted by atomic mass is 79.9. The Bertz CT molecular complexity index is 1290. The van der Waals surface area contributed by atoms with E-state index in [1.54, 1.807) is 0 Å². The van der Waals surface area contributed by atoms with Gasteiger partial charge in [0.15, 0.2) is 0 Å². The third-order valence-electron chi connectivity index (χ3n) is 7.24. The second-order valence-electron chi connectivity index (χ2n) is 9.39. The zero-order chi connectivity index (χ0) is 21.3. The van der Waals surface area contributed by atoms with Gasteiger partial charge in [0.25, 0.3) is 0 Å². The molecular formula is C29H24BrN. The Morgan fingerprint density at radius 3 is 2.10 bits per heavy atom. The lowest BCUT2D eigenvalue weighted by molar-refractivity contribution is 0.398. The van der Waals surface area contributed by atoms with E-state index in [0.29, 0.717) is 5.92 Å². The quantitative estimate of drug-likeness (QED) is 0.349. The van der Waals surface area contributed by atoms with Gasteiger partial charge in [0, 0.05) is 17.5 Å². The molecule has 1 unspecified atom stereocenters. The average Bonchev–Trinajstić information content (AvgIpc) is 3.29. The van der Waals surface area contributed by atoms with Crippen molar-refractivity contribution >= 4 is 22.0 Å². The molecule has 0 saturated heterocycles. The number of alkyl halides is 1. The first-order chi connectivity index (χ1) is 15.0. The van der Waals surface area contributed by atoms with Gasteiger partial charge >= 0.3 is 0 Å². The Hall–Kier alpha value is -2.71. The lowest BCUT2D eigenvalue weighted by atomic mass is 9.65. The Morgan fingerprint density at radius 2 is 1.42 bits per heavy atom. The number of allylic oxidation sites excluding steroid dienone is 5. The maximum atomic E-state index is 4.68. The number of rotatable bonds is 2. The largest absolute Gasteiger partial charge is 0.257 e. The van der Waals surface area contributed by atoms with E-state index in [1.807, 2.05) is 12.3 Å². The highest BCUT2D eigenvalue weighted by Gasteiger charge is 2.45. The average molecular weight is 466 g/mol. The van der Waals surface area contributed by atoms with Gasteiger partial charge in [-0.3, -0.25) is 4.98 Å². The normalized spacial score (nSPS) is 19.4. The zero-order valence-corrected chi connectivity index (χ0v) is 19.6. The first kappa shape index (κ1) is 19.0. The molecule has 1 aromatic heterocycles. The highest BCUT2D eigenvalue weighted by molar-refractivity contribution is 9.09. The predicted molar refractivity (Wildman–Crippen MR) is 132 cm³/mol. The van der Waals surface area contributed by atoms with Crippen LogP contribution in [0.2, 0.25) is 0 Å². The third-order valence-corrected chi connectivity index (χ3v) is 8.23. The molecule has 1 atom stereocenters. The molecule has 152 valence electrons. The van der Waals surface area contributed by atoms with E-state index in [4.69, 9.17) is 0 Å². The number of pyridine rings is 1. The van der Waals surface area contributed by atoms with Crippen molar-refractivity contribution in [1.29, 1.82) is 0 Å². The Balaban J connectivity index is 1.54. The zero-order valence-electron chi connectivity index (χ0n) is 18.0. The lowest BCUT2D eigenvalue weighted by Crippen LogP contribution is -2.26. The minimum Gasteiger partial charge on any atom is -0.257 e. The summed E-state index contributed by atoms with van der Waals surface area (Å²) in [6.07, 6.45) is 6.58. The fraction of sp³-hybridized carbons (Fsp3) is 0.207. The fourth-order valence-corrected chi connectivity index (χ4v) is 6.87. The first-order valence-corrected chi connectivity index (χ1v) is 11.8. The monoisotopic (exact) mass is 465 g/mol. The van der Waals surface area contributed by atoms with Gasteiger partial charge in [0.05, 0.1) is 10.5 Å². The molecule has 0 radical (unpaired) electrons. The van der Waals surface area contributed by atoms with E-state index in [2.05, 4.69) is 108 Å². The van der Waals surface area contributed by atoms with Crippen LogP contribution in [0.5, 0.6) is 0 Å². The summed E-state index contributed by atoms with van der Waals surface area (Å²) in [7, 11) is 0. The topological polar surface area (TPSA) is 12.9 Å². The van der Waals surface area contributed by atoms with Gasteiger partial charge in [-0.2, -0.15) is 0 Å². The number of hydrogen-bond donors (Lipinski definition) is 0. The summed E-state index contributed by atoms with van der Waals surface area (Å²) in [6.45, 7) is 7.11. The Kier molecular flexibility index (Phi) is 4.07. The molecule has 3 aliphatic carbocycles. The van der Waals surface area contributed by atoms with Crippen molar-refractivity contribution in [1.82, 2.24) is 4.98 Å². The maximum Gasteiger partial charge on any atom is 0.0682 e. The molecule has 3 aliphatic rings. The van der Waals surface area contributed by atoms with Gasteiger partial charge < -0.3 is 0 Å². The third kappa shape index (κ3) is 2.58. The van der Waals surface area contributed by atoms with Crippen molar-refractivity contribution in [2.45, 2.75) is 31.5 Å². The summed E-state index contributed by atoms with van der Waals surface area (Å²) in [4.78, 5) is 4.87. The molecule has 0 N–H and O–H groups in total. The van der Waals surface area contributed by atoms with Gasteiger partial charge in [0.1, 0.15) is 0 Å². The molecule has 0 spiro atoms. The van der Waals surface area contributed by atoms with Crippen LogP contribution in [0.25, 0.3) is 17.2 Å². The SMILES string of the molecule is CC1=C(C(C)(C)C2c3ccccc3-c3ccccc32)C2=Cc3ncccc3C(Br)C2=C1. The first-order valence-electron chi connectivity index (χ1n) is 10.9. The van der Waals surface area contributed by atoms with Gasteiger partial charge in [-0.15, -0.1) is 0 Å². The highest BCUT2D eigenvalue weighted by Crippen LogP contribution is 2.60. The number of halogens is 1. The summed E-state index contributed by atoms with van der Waals surface area (Å²) >= 11 is 3.98. The van der Waals surface area contributed by atoms with Crippen molar-refractivity contribution in [2.24, 2.45) is 5.41 Å². The van der Waals surface area contributed by atoms with Crippen LogP contribution in [0, 0.1) is 5.41 Å². The molecule has 0 fully saturated rings. The van der Waals surface area contributed by atoms with Crippen molar-refractivity contribution in [3.8, 4) is 11.1 Å². The summed E-state index contributed by atoms with van der Waals surface area (Å²) in [6, 6.07) is 22.1. The van der Waals surface area contributed by atoms with Crippen LogP contribution in [0.4, 0.5) is 0 Å². The van der Waals surface area contributed by atoms with Gasteiger partial charge in [0.2, 0.25) is 0 Å². The molecule has 0 amide bonds. The summed E-state index contributed by atoms with van der Waals surface area (Å²) in [5.41, 5.74) is 13.4. The van der Waals surface area contributed by atoms with Crippen molar-refractivity contribution in [3.05, 3.63) is 118 Å². The maximum absolute atomic E-state index is 4.68. The predicted octanol–water partition coefficient (Wildman–Crippen LogP) is 8.01. The van der Waals surface area contributed by atoms with Crippen LogP contribution in [-0.2, 0) is 0 Å². The van der Waals surface area contributed by atoms with E-state index in [9.17, 15) is 0 Å². The van der Waals surface area contributed by atoms with Crippen LogP contribution in [0.15, 0.2) is 95.2 Å². The fourth-order valence-electron chi connectivity index (χ4n) is 6.11. The van der Waals surface area contributed by atoms with E-state index < -0.39 is 0 Å². The molecule has 6 rings (SSSR count). The van der Waals surface area contributed by atoms with Gasteiger partial charge in [-0.05, 0) is 69.2 Å². The van der Waals surface area contributed by atoms with Crippen LogP contribution >= 0.6 is 15.9 Å². The minimum absolute atomic E-state index is 0.0735. The Labute approximate surface area is 192 Å². The molecule has 31 heavy (non-hydrogen) atoms. The number of fused-ring (bicyclic) bond motifs is 5. The minimum atomic E-state index is -0.0735. The molecule has 3 aromatic rings. The lowest BCUT2D eigenvalue weighted by Gasteiger charge is -2.38. The van der Waals surface area contributed by atoms with E-state index in [-0.39, 0.29) is 10.2 Å². The van der Waals surface area contributed by atoms with Crippen molar-refractivity contribution in [3.63, 3.8) is 0 Å². The summed E-state index contributed by atoms with van der Waals surface area (Å²) in [5, 5.41) is 0. The van der Waals surface area contributed by atoms with Gasteiger partial charge in [-0.25, -0.2) is 0 Å². The second-order valence-corrected chi connectivity index (χ2v) is 10.3. The van der Waals surface area contributed by atoms with Crippen LogP contribution < -0.4 is 0 Å². The van der Waals surface area contributed by atoms with Crippen LogP contribution in [0.1, 0.15) is 53.9 Å². The summed E-state index contributed by atoms with van der Waals surface area (Å²) in [5.74, 6) is 0.317. The molecular weight excluding hydrogens is 442 g/mol. The number of benzene rings is 2. The molecule has 1 nitrogen and oxygen atoms in total. The molecule has 2 aromatic carbocycles. The van der Waals surface area contributed by atoms with E-state index >= 15 is 0 Å². The number of aromatic nitrogens is 1. The van der Waals surface area contributed by atoms with E-state index in [0.717, 1.165) is 5.69 Å². The summed E-state index contributed by atoms with van der Waals surface area (Å²) < 4.78 is 0. The second kappa shape index (κ2) is 6.64. The van der Waals surface area contributed by atoms with Gasteiger partial charge in [-0.1, -0.05) is 90.5 Å². The van der Waals surface area contributed by atoms with Crippen LogP contribution in [0.3, 0.4) is 0 Å². The van der Waals surface area contributed by atoms with Crippen molar-refractivity contribution < 1.29 is 0 Å². The molecule has 1 heterocycles. The van der Waals surface area contributed by atoms with Crippen LogP contribution in [-0.4, -0.2) is 4.98 Å². The molecule has 0 saturated carbocycles. The molecule has 2 heteroatoms. The molecule has 0 aliphatic heterocycles. The Morgan fingerprint density at radius 1 is 0.806 bits per heavy atom. The number of hydrogen-bond acceptors (Lipinski definition) is 1. The number of nitrogens with zero attached hydrogens (tertiary/aromatic N) is 1.